The van der Waals surface area contributed by atoms with Crippen LogP contribution in [-0.4, -0.2) is 65.2 Å². The lowest BCUT2D eigenvalue weighted by atomic mass is 10.0. The Morgan fingerprint density at radius 2 is 1.80 bits per heavy atom. The number of hydrogen-bond acceptors (Lipinski definition) is 5. The number of aliphatic hydroxyl groups excluding tert-OH is 1. The van der Waals surface area contributed by atoms with Gasteiger partial charge in [0.05, 0.1) is 19.8 Å². The molecule has 0 aliphatic rings. The molecule has 2 N–H and O–H groups in total. The van der Waals surface area contributed by atoms with Gasteiger partial charge < -0.3 is 19.7 Å². The minimum absolute atomic E-state index is 0.0543. The van der Waals surface area contributed by atoms with Crippen LogP contribution in [0.5, 0.6) is 0 Å². The van der Waals surface area contributed by atoms with Gasteiger partial charge >= 0.3 is 12.1 Å². The van der Waals surface area contributed by atoms with E-state index in [9.17, 15) is 14.7 Å². The molecule has 0 saturated heterocycles. The van der Waals surface area contributed by atoms with Crippen LogP contribution in [0.4, 0.5) is 4.79 Å². The molecule has 25 heavy (non-hydrogen) atoms. The molecule has 0 spiro atoms. The molecule has 0 aliphatic heterocycles. The lowest BCUT2D eigenvalue weighted by Gasteiger charge is -2.31. The molecule has 1 aromatic carbocycles. The van der Waals surface area contributed by atoms with Crippen LogP contribution in [0.25, 0.3) is 0 Å². The van der Waals surface area contributed by atoms with Crippen LogP contribution in [0.3, 0.4) is 0 Å². The Morgan fingerprint density at radius 3 is 2.32 bits per heavy atom. The van der Waals surface area contributed by atoms with Crippen LogP contribution in [0.15, 0.2) is 30.3 Å². The summed E-state index contributed by atoms with van der Waals surface area (Å²) in [7, 11) is 0. The Kier molecular flexibility index (Phi) is 8.37. The van der Waals surface area contributed by atoms with Crippen molar-refractivity contribution in [2.75, 3.05) is 26.4 Å². The molecular formula is C18H27NO6. The third kappa shape index (κ3) is 8.00. The first kappa shape index (κ1) is 20.9. The molecule has 7 heteroatoms. The normalized spacial score (nSPS) is 12.5. The molecule has 1 atom stereocenters. The van der Waals surface area contributed by atoms with E-state index in [1.54, 1.807) is 20.8 Å². The molecule has 0 radical (unpaired) electrons. The number of aliphatic carboxylic acids is 1. The van der Waals surface area contributed by atoms with Gasteiger partial charge in [0.15, 0.2) is 0 Å². The molecule has 0 aliphatic carbocycles. The summed E-state index contributed by atoms with van der Waals surface area (Å²) in [5.74, 6) is -1.11. The van der Waals surface area contributed by atoms with Crippen molar-refractivity contribution in [2.45, 2.75) is 38.8 Å². The van der Waals surface area contributed by atoms with Crippen LogP contribution >= 0.6 is 0 Å². The van der Waals surface area contributed by atoms with Gasteiger partial charge in [-0.15, -0.1) is 0 Å². The van der Waals surface area contributed by atoms with Crippen LogP contribution in [0, 0.1) is 0 Å². The SMILES string of the molecule is CC(C)(C)OC(=O)N(CCOCCO)C(Cc1ccccc1)C(=O)O. The summed E-state index contributed by atoms with van der Waals surface area (Å²) in [4.78, 5) is 25.4. The van der Waals surface area contributed by atoms with E-state index in [2.05, 4.69) is 0 Å². The summed E-state index contributed by atoms with van der Waals surface area (Å²) in [5, 5.41) is 18.4. The molecule has 7 nitrogen and oxygen atoms in total. The van der Waals surface area contributed by atoms with Crippen LogP contribution < -0.4 is 0 Å². The van der Waals surface area contributed by atoms with Gasteiger partial charge in [-0.2, -0.15) is 0 Å². The fourth-order valence-corrected chi connectivity index (χ4v) is 2.19. The fourth-order valence-electron chi connectivity index (χ4n) is 2.19. The molecule has 140 valence electrons. The average molecular weight is 353 g/mol. The summed E-state index contributed by atoms with van der Waals surface area (Å²) in [5.41, 5.74) is 0.0663. The topological polar surface area (TPSA) is 96.3 Å². The number of amides is 1. The fraction of sp³-hybridized carbons (Fsp3) is 0.556. The largest absolute Gasteiger partial charge is 0.480 e. The lowest BCUT2D eigenvalue weighted by Crippen LogP contribution is -2.49. The molecule has 1 rings (SSSR count). The average Bonchev–Trinajstić information content (AvgIpc) is 2.52. The Morgan fingerprint density at radius 1 is 1.16 bits per heavy atom. The number of hydrogen-bond donors (Lipinski definition) is 2. The molecule has 0 saturated carbocycles. The Bertz CT molecular complexity index is 540. The van der Waals surface area contributed by atoms with Gasteiger partial charge in [-0.25, -0.2) is 9.59 Å². The molecule has 1 unspecified atom stereocenters. The van der Waals surface area contributed by atoms with Gasteiger partial charge in [0.2, 0.25) is 0 Å². The summed E-state index contributed by atoms with van der Waals surface area (Å²) in [6.07, 6.45) is -0.543. The summed E-state index contributed by atoms with van der Waals surface area (Å²) >= 11 is 0. The maximum Gasteiger partial charge on any atom is 0.411 e. The molecule has 0 fully saturated rings. The van der Waals surface area contributed by atoms with Gasteiger partial charge in [-0.05, 0) is 26.3 Å². The first-order chi connectivity index (χ1) is 11.7. The number of nitrogens with zero attached hydrogens (tertiary/aromatic N) is 1. The van der Waals surface area contributed by atoms with E-state index in [4.69, 9.17) is 14.6 Å². The zero-order valence-electron chi connectivity index (χ0n) is 15.0. The van der Waals surface area contributed by atoms with Crippen molar-refractivity contribution in [1.29, 1.82) is 0 Å². The zero-order valence-corrected chi connectivity index (χ0v) is 15.0. The number of aliphatic hydroxyl groups is 1. The predicted octanol–water partition coefficient (Wildman–Crippen LogP) is 1.93. The van der Waals surface area contributed by atoms with E-state index >= 15 is 0 Å². The molecule has 1 aromatic rings. The highest BCUT2D eigenvalue weighted by molar-refractivity contribution is 5.80. The highest BCUT2D eigenvalue weighted by Gasteiger charge is 2.32. The van der Waals surface area contributed by atoms with E-state index in [1.165, 1.54) is 0 Å². The van der Waals surface area contributed by atoms with Gasteiger partial charge in [-0.1, -0.05) is 30.3 Å². The first-order valence-corrected chi connectivity index (χ1v) is 8.19. The second-order valence-electron chi connectivity index (χ2n) is 6.55. The Balaban J connectivity index is 2.93. The quantitative estimate of drug-likeness (QED) is 0.659. The monoisotopic (exact) mass is 353 g/mol. The van der Waals surface area contributed by atoms with Crippen molar-refractivity contribution in [2.24, 2.45) is 0 Å². The van der Waals surface area contributed by atoms with Crippen molar-refractivity contribution in [1.82, 2.24) is 4.90 Å². The van der Waals surface area contributed by atoms with E-state index in [0.717, 1.165) is 10.5 Å². The summed E-state index contributed by atoms with van der Waals surface area (Å²) < 4.78 is 10.5. The first-order valence-electron chi connectivity index (χ1n) is 8.19. The molecular weight excluding hydrogens is 326 g/mol. The Hall–Kier alpha value is -2.12. The zero-order chi connectivity index (χ0) is 18.9. The maximum atomic E-state index is 12.5. The standard InChI is InChI=1S/C18H27NO6/c1-18(2,3)25-17(23)19(9-11-24-12-10-20)15(16(21)22)13-14-7-5-4-6-8-14/h4-8,15,20H,9-13H2,1-3H3,(H,21,22). The van der Waals surface area contributed by atoms with Crippen molar-refractivity contribution < 1.29 is 29.3 Å². The number of carboxylic acid groups (broad SMARTS) is 1. The molecule has 0 bridgehead atoms. The van der Waals surface area contributed by atoms with Gasteiger partial charge in [0.25, 0.3) is 0 Å². The van der Waals surface area contributed by atoms with E-state index in [1.807, 2.05) is 30.3 Å². The molecule has 1 amide bonds. The Labute approximate surface area is 148 Å². The summed E-state index contributed by atoms with van der Waals surface area (Å²) in [6, 6.07) is 8.02. The number of carbonyl (C=O) groups is 2. The van der Waals surface area contributed by atoms with Crippen LogP contribution in [0.2, 0.25) is 0 Å². The van der Waals surface area contributed by atoms with Gasteiger partial charge in [0, 0.05) is 13.0 Å². The third-order valence-corrected chi connectivity index (χ3v) is 3.27. The number of carboxylic acids is 1. The minimum Gasteiger partial charge on any atom is -0.480 e. The van der Waals surface area contributed by atoms with E-state index in [-0.39, 0.29) is 32.8 Å². The second kappa shape index (κ2) is 10.0. The lowest BCUT2D eigenvalue weighted by molar-refractivity contribution is -0.143. The number of benzene rings is 1. The minimum atomic E-state index is -1.11. The van der Waals surface area contributed by atoms with Crippen molar-refractivity contribution in [3.63, 3.8) is 0 Å². The number of carbonyl (C=O) groups excluding carboxylic acids is 1. The van der Waals surface area contributed by atoms with Gasteiger partial charge in [0.1, 0.15) is 11.6 Å². The maximum absolute atomic E-state index is 12.5. The van der Waals surface area contributed by atoms with Crippen molar-refractivity contribution in [3.05, 3.63) is 35.9 Å². The number of rotatable bonds is 9. The van der Waals surface area contributed by atoms with Crippen LogP contribution in [-0.2, 0) is 20.7 Å². The van der Waals surface area contributed by atoms with Crippen LogP contribution in [0.1, 0.15) is 26.3 Å². The van der Waals surface area contributed by atoms with Gasteiger partial charge in [-0.3, -0.25) is 4.90 Å². The molecule has 0 heterocycles. The highest BCUT2D eigenvalue weighted by Crippen LogP contribution is 2.15. The predicted molar refractivity (Wildman–Crippen MR) is 92.4 cm³/mol. The highest BCUT2D eigenvalue weighted by atomic mass is 16.6. The second-order valence-corrected chi connectivity index (χ2v) is 6.55. The van der Waals surface area contributed by atoms with Crippen molar-refractivity contribution in [3.8, 4) is 0 Å². The molecule has 0 aromatic heterocycles. The van der Waals surface area contributed by atoms with Crippen molar-refractivity contribution >= 4 is 12.1 Å². The third-order valence-electron chi connectivity index (χ3n) is 3.27. The van der Waals surface area contributed by atoms with E-state index in [0.29, 0.717) is 0 Å². The number of ether oxygens (including phenoxy) is 2. The summed E-state index contributed by atoms with van der Waals surface area (Å²) in [6.45, 7) is 5.31. The van der Waals surface area contributed by atoms with E-state index < -0.39 is 23.7 Å². The smallest absolute Gasteiger partial charge is 0.411 e.